The second-order valence-electron chi connectivity index (χ2n) is 4.94. The van der Waals surface area contributed by atoms with E-state index in [0.29, 0.717) is 11.5 Å². The number of rotatable bonds is 4. The van der Waals surface area contributed by atoms with Gasteiger partial charge in [0, 0.05) is 5.69 Å². The summed E-state index contributed by atoms with van der Waals surface area (Å²) in [6, 6.07) is 4.12. The highest BCUT2D eigenvalue weighted by Crippen LogP contribution is 2.20. The molecule has 0 aliphatic carbocycles. The number of anilines is 1. The molecule has 126 valence electrons. The maximum Gasteiger partial charge on any atom is 0.337 e. The number of aryl methyl sites for hydroxylation is 2. The second kappa shape index (κ2) is 6.95. The van der Waals surface area contributed by atoms with Crippen LogP contribution in [0.25, 0.3) is 0 Å². The number of carbonyl (C=O) groups excluding carboxylic acids is 3. The van der Waals surface area contributed by atoms with Crippen molar-refractivity contribution in [1.29, 1.82) is 0 Å². The number of nitrogens with one attached hydrogen (secondary N) is 1. The summed E-state index contributed by atoms with van der Waals surface area (Å²) in [6.45, 7) is 3.25. The van der Waals surface area contributed by atoms with Gasteiger partial charge in [-0.2, -0.15) is 0 Å². The predicted octanol–water partition coefficient (Wildman–Crippen LogP) is 2.12. The quantitative estimate of drug-likeness (QED) is 0.854. The summed E-state index contributed by atoms with van der Waals surface area (Å²) in [5.74, 6) is -1.39. The lowest BCUT2D eigenvalue weighted by Crippen LogP contribution is -2.15. The molecular weight excluding hydrogens is 316 g/mol. The molecule has 24 heavy (non-hydrogen) atoms. The zero-order valence-corrected chi connectivity index (χ0v) is 13.6. The van der Waals surface area contributed by atoms with Crippen LogP contribution in [0.3, 0.4) is 0 Å². The van der Waals surface area contributed by atoms with Gasteiger partial charge in [0.25, 0.3) is 5.91 Å². The van der Waals surface area contributed by atoms with Crippen LogP contribution >= 0.6 is 0 Å². The molecule has 1 amide bonds. The molecule has 1 N–H and O–H groups in total. The molecule has 8 nitrogen and oxygen atoms in total. The molecule has 1 aromatic heterocycles. The minimum Gasteiger partial charge on any atom is -0.465 e. The van der Waals surface area contributed by atoms with Crippen molar-refractivity contribution in [2.75, 3.05) is 19.5 Å². The first-order chi connectivity index (χ1) is 11.4. The minimum absolute atomic E-state index is 0.106. The Labute approximate surface area is 137 Å². The molecule has 0 aliphatic rings. The monoisotopic (exact) mass is 332 g/mol. The summed E-state index contributed by atoms with van der Waals surface area (Å²) in [7, 11) is 2.44. The van der Waals surface area contributed by atoms with Crippen LogP contribution in [-0.4, -0.2) is 37.2 Å². The van der Waals surface area contributed by atoms with Gasteiger partial charge in [0.1, 0.15) is 11.3 Å². The maximum absolute atomic E-state index is 12.4. The van der Waals surface area contributed by atoms with Crippen molar-refractivity contribution < 1.29 is 28.4 Å². The van der Waals surface area contributed by atoms with Crippen molar-refractivity contribution in [1.82, 2.24) is 5.16 Å². The predicted molar refractivity (Wildman–Crippen MR) is 83.1 cm³/mol. The van der Waals surface area contributed by atoms with Crippen molar-refractivity contribution in [2.45, 2.75) is 13.8 Å². The number of aromatic nitrogens is 1. The second-order valence-corrected chi connectivity index (χ2v) is 4.94. The third-order valence-corrected chi connectivity index (χ3v) is 3.29. The summed E-state index contributed by atoms with van der Waals surface area (Å²) in [4.78, 5) is 35.9. The lowest BCUT2D eigenvalue weighted by molar-refractivity contribution is 0.0599. The molecule has 2 aromatic rings. The molecule has 1 aromatic carbocycles. The van der Waals surface area contributed by atoms with Crippen LogP contribution in [0, 0.1) is 13.8 Å². The summed E-state index contributed by atoms with van der Waals surface area (Å²) >= 11 is 0. The van der Waals surface area contributed by atoms with Gasteiger partial charge < -0.3 is 19.3 Å². The maximum atomic E-state index is 12.4. The third kappa shape index (κ3) is 3.43. The van der Waals surface area contributed by atoms with Gasteiger partial charge in [-0.1, -0.05) is 5.16 Å². The first-order valence-electron chi connectivity index (χ1n) is 6.93. The number of nitrogens with zero attached hydrogens (tertiary/aromatic N) is 1. The number of hydrogen-bond donors (Lipinski definition) is 1. The van der Waals surface area contributed by atoms with Crippen LogP contribution in [0.15, 0.2) is 22.7 Å². The van der Waals surface area contributed by atoms with E-state index in [9.17, 15) is 14.4 Å². The number of benzene rings is 1. The van der Waals surface area contributed by atoms with E-state index < -0.39 is 17.8 Å². The molecule has 0 radical (unpaired) electrons. The van der Waals surface area contributed by atoms with Gasteiger partial charge in [-0.05, 0) is 32.0 Å². The van der Waals surface area contributed by atoms with Crippen LogP contribution in [0.2, 0.25) is 0 Å². The zero-order chi connectivity index (χ0) is 17.9. The van der Waals surface area contributed by atoms with Gasteiger partial charge >= 0.3 is 11.9 Å². The number of methoxy groups -OCH3 is 2. The van der Waals surface area contributed by atoms with Crippen LogP contribution in [-0.2, 0) is 9.47 Å². The van der Waals surface area contributed by atoms with Crippen molar-refractivity contribution in [3.8, 4) is 0 Å². The molecule has 2 rings (SSSR count). The number of hydrogen-bond acceptors (Lipinski definition) is 7. The van der Waals surface area contributed by atoms with E-state index in [1.807, 2.05) is 0 Å². The minimum atomic E-state index is -0.645. The smallest absolute Gasteiger partial charge is 0.337 e. The molecule has 0 fully saturated rings. The van der Waals surface area contributed by atoms with E-state index >= 15 is 0 Å². The average Bonchev–Trinajstić information content (AvgIpc) is 2.91. The summed E-state index contributed by atoms with van der Waals surface area (Å²) in [5.41, 5.74) is 1.17. The first-order valence-corrected chi connectivity index (χ1v) is 6.93. The number of esters is 2. The number of amides is 1. The molecule has 0 unspecified atom stereocenters. The Morgan fingerprint density at radius 3 is 1.96 bits per heavy atom. The number of carbonyl (C=O) groups is 3. The highest BCUT2D eigenvalue weighted by Gasteiger charge is 2.19. The van der Waals surface area contributed by atoms with E-state index in [1.165, 1.54) is 32.4 Å². The van der Waals surface area contributed by atoms with Crippen LogP contribution < -0.4 is 5.32 Å². The van der Waals surface area contributed by atoms with Gasteiger partial charge in [-0.15, -0.1) is 0 Å². The fourth-order valence-corrected chi connectivity index (χ4v) is 2.17. The average molecular weight is 332 g/mol. The van der Waals surface area contributed by atoms with Crippen LogP contribution in [0.4, 0.5) is 5.69 Å². The molecule has 0 saturated carbocycles. The third-order valence-electron chi connectivity index (χ3n) is 3.29. The van der Waals surface area contributed by atoms with E-state index in [1.54, 1.807) is 13.8 Å². The normalized spacial score (nSPS) is 10.2. The fourth-order valence-electron chi connectivity index (χ4n) is 2.17. The lowest BCUT2D eigenvalue weighted by Gasteiger charge is -2.09. The molecular formula is C16H16N2O6. The summed E-state index contributed by atoms with van der Waals surface area (Å²) in [6.07, 6.45) is 0. The zero-order valence-electron chi connectivity index (χ0n) is 13.6. The Bertz CT molecular complexity index is 755. The lowest BCUT2D eigenvalue weighted by atomic mass is 10.1. The summed E-state index contributed by atoms with van der Waals surface area (Å²) < 4.78 is 14.2. The highest BCUT2D eigenvalue weighted by atomic mass is 16.5. The van der Waals surface area contributed by atoms with Gasteiger partial charge in [0.15, 0.2) is 0 Å². The SMILES string of the molecule is COC(=O)c1cc(NC(=O)c2c(C)noc2C)cc(C(=O)OC)c1. The summed E-state index contributed by atoms with van der Waals surface area (Å²) in [5, 5.41) is 6.32. The van der Waals surface area contributed by atoms with E-state index in [0.717, 1.165) is 0 Å². The van der Waals surface area contributed by atoms with E-state index in [2.05, 4.69) is 19.9 Å². The molecule has 0 spiro atoms. The van der Waals surface area contributed by atoms with Gasteiger partial charge in [0.05, 0.1) is 31.0 Å². The highest BCUT2D eigenvalue weighted by molar-refractivity contribution is 6.07. The largest absolute Gasteiger partial charge is 0.465 e. The Hall–Kier alpha value is -3.16. The number of ether oxygens (including phenoxy) is 2. The molecule has 8 heteroatoms. The first kappa shape index (κ1) is 17.2. The Balaban J connectivity index is 2.40. The Kier molecular flexibility index (Phi) is 4.98. The molecule has 0 saturated heterocycles. The molecule has 0 atom stereocenters. The standard InChI is InChI=1S/C16H16N2O6/c1-8-13(9(2)24-18-8)14(19)17-12-6-10(15(20)22-3)5-11(7-12)16(21)23-4/h5-7H,1-4H3,(H,17,19). The van der Waals surface area contributed by atoms with E-state index in [4.69, 9.17) is 4.52 Å². The van der Waals surface area contributed by atoms with Crippen molar-refractivity contribution in [2.24, 2.45) is 0 Å². The van der Waals surface area contributed by atoms with Crippen molar-refractivity contribution >= 4 is 23.5 Å². The van der Waals surface area contributed by atoms with Crippen LogP contribution in [0.5, 0.6) is 0 Å². The fraction of sp³-hybridized carbons (Fsp3) is 0.250. The topological polar surface area (TPSA) is 108 Å². The van der Waals surface area contributed by atoms with Gasteiger partial charge in [0.2, 0.25) is 0 Å². The molecule has 0 aliphatic heterocycles. The van der Waals surface area contributed by atoms with E-state index in [-0.39, 0.29) is 22.4 Å². The van der Waals surface area contributed by atoms with Crippen molar-refractivity contribution in [3.05, 3.63) is 46.3 Å². The Morgan fingerprint density at radius 2 is 1.54 bits per heavy atom. The van der Waals surface area contributed by atoms with Gasteiger partial charge in [-0.3, -0.25) is 4.79 Å². The Morgan fingerprint density at radius 1 is 1.00 bits per heavy atom. The molecule has 1 heterocycles. The van der Waals surface area contributed by atoms with Crippen LogP contribution in [0.1, 0.15) is 42.5 Å². The van der Waals surface area contributed by atoms with Gasteiger partial charge in [-0.25, -0.2) is 9.59 Å². The molecule has 0 bridgehead atoms. The van der Waals surface area contributed by atoms with Crippen molar-refractivity contribution in [3.63, 3.8) is 0 Å².